The Morgan fingerprint density at radius 3 is 3.00 bits per heavy atom. The maximum absolute atomic E-state index is 11.8. The second-order valence-electron chi connectivity index (χ2n) is 4.06. The van der Waals surface area contributed by atoms with Crippen molar-refractivity contribution in [1.82, 2.24) is 5.32 Å². The zero-order valence-corrected chi connectivity index (χ0v) is 9.45. The van der Waals surface area contributed by atoms with E-state index in [0.717, 1.165) is 11.3 Å². The fraction of sp³-hybridized carbons (Fsp3) is 0.333. The first-order chi connectivity index (χ1) is 7.65. The van der Waals surface area contributed by atoms with E-state index in [1.165, 1.54) is 0 Å². The van der Waals surface area contributed by atoms with Crippen molar-refractivity contribution < 1.29 is 4.79 Å². The van der Waals surface area contributed by atoms with Crippen molar-refractivity contribution in [1.29, 1.82) is 0 Å². The molecular formula is C12H15N3O. The minimum atomic E-state index is -0.171. The standard InChI is InChI=1S/C12H15N3O/c1-8-4-3-5-10(6-8)15-12(16)11-13-7-9(2)14-11/h3-6,9H,7H2,1-2H3,(H,13,14)(H,15,16). The van der Waals surface area contributed by atoms with Crippen molar-refractivity contribution in [2.24, 2.45) is 4.99 Å². The molecule has 0 saturated carbocycles. The van der Waals surface area contributed by atoms with E-state index in [2.05, 4.69) is 15.6 Å². The Labute approximate surface area is 94.8 Å². The minimum absolute atomic E-state index is 0.171. The summed E-state index contributed by atoms with van der Waals surface area (Å²) in [5.41, 5.74) is 1.92. The highest BCUT2D eigenvalue weighted by molar-refractivity contribution is 6.42. The van der Waals surface area contributed by atoms with Crippen LogP contribution in [0.15, 0.2) is 29.3 Å². The Hall–Kier alpha value is -1.84. The van der Waals surface area contributed by atoms with Crippen LogP contribution in [0.1, 0.15) is 12.5 Å². The summed E-state index contributed by atoms with van der Waals surface area (Å²) < 4.78 is 0. The average molecular weight is 217 g/mol. The third kappa shape index (κ3) is 2.39. The Kier molecular flexibility index (Phi) is 2.90. The van der Waals surface area contributed by atoms with Crippen molar-refractivity contribution in [3.8, 4) is 0 Å². The lowest BCUT2D eigenvalue weighted by Gasteiger charge is -2.07. The summed E-state index contributed by atoms with van der Waals surface area (Å²) in [5, 5.41) is 5.84. The first-order valence-electron chi connectivity index (χ1n) is 5.34. The van der Waals surface area contributed by atoms with Crippen LogP contribution in [0.4, 0.5) is 5.69 Å². The van der Waals surface area contributed by atoms with Crippen LogP contribution >= 0.6 is 0 Å². The smallest absolute Gasteiger partial charge is 0.290 e. The van der Waals surface area contributed by atoms with Gasteiger partial charge in [0.1, 0.15) is 0 Å². The molecule has 1 aromatic carbocycles. The van der Waals surface area contributed by atoms with Crippen molar-refractivity contribution >= 4 is 17.4 Å². The summed E-state index contributed by atoms with van der Waals surface area (Å²) in [6, 6.07) is 7.94. The number of amidine groups is 1. The molecule has 4 nitrogen and oxygen atoms in total. The van der Waals surface area contributed by atoms with E-state index in [9.17, 15) is 4.79 Å². The molecule has 0 bridgehead atoms. The lowest BCUT2D eigenvalue weighted by Crippen LogP contribution is -2.36. The summed E-state index contributed by atoms with van der Waals surface area (Å²) >= 11 is 0. The predicted octanol–water partition coefficient (Wildman–Crippen LogP) is 1.32. The van der Waals surface area contributed by atoms with Crippen LogP contribution in [0.5, 0.6) is 0 Å². The van der Waals surface area contributed by atoms with Crippen LogP contribution in [0.25, 0.3) is 0 Å². The molecule has 0 fully saturated rings. The number of anilines is 1. The van der Waals surface area contributed by atoms with E-state index < -0.39 is 0 Å². The number of amides is 1. The Morgan fingerprint density at radius 1 is 1.56 bits per heavy atom. The van der Waals surface area contributed by atoms with Gasteiger partial charge in [-0.1, -0.05) is 12.1 Å². The molecule has 1 aliphatic heterocycles. The van der Waals surface area contributed by atoms with Gasteiger partial charge >= 0.3 is 0 Å². The highest BCUT2D eigenvalue weighted by atomic mass is 16.2. The van der Waals surface area contributed by atoms with Crippen molar-refractivity contribution in [3.05, 3.63) is 29.8 Å². The Bertz CT molecular complexity index is 440. The van der Waals surface area contributed by atoms with E-state index in [-0.39, 0.29) is 11.9 Å². The predicted molar refractivity (Wildman–Crippen MR) is 64.7 cm³/mol. The lowest BCUT2D eigenvalue weighted by molar-refractivity contribution is -0.110. The number of nitrogens with zero attached hydrogens (tertiary/aromatic N) is 1. The maximum Gasteiger partial charge on any atom is 0.290 e. The zero-order valence-electron chi connectivity index (χ0n) is 9.45. The van der Waals surface area contributed by atoms with Crippen LogP contribution in [0.3, 0.4) is 0 Å². The molecule has 1 amide bonds. The van der Waals surface area contributed by atoms with Gasteiger partial charge in [-0.25, -0.2) is 0 Å². The molecular weight excluding hydrogens is 202 g/mol. The number of hydrogen-bond donors (Lipinski definition) is 2. The maximum atomic E-state index is 11.8. The van der Waals surface area contributed by atoms with E-state index in [1.54, 1.807) is 0 Å². The van der Waals surface area contributed by atoms with Crippen molar-refractivity contribution in [3.63, 3.8) is 0 Å². The van der Waals surface area contributed by atoms with Crippen LogP contribution in [-0.2, 0) is 4.79 Å². The third-order valence-electron chi connectivity index (χ3n) is 2.40. The number of carbonyl (C=O) groups is 1. The van der Waals surface area contributed by atoms with Gasteiger partial charge in [0.2, 0.25) is 0 Å². The molecule has 0 radical (unpaired) electrons. The molecule has 0 spiro atoms. The average Bonchev–Trinajstić information content (AvgIpc) is 2.65. The number of carbonyl (C=O) groups excluding carboxylic acids is 1. The summed E-state index contributed by atoms with van der Waals surface area (Å²) in [6.07, 6.45) is 0. The van der Waals surface area contributed by atoms with Gasteiger partial charge in [0, 0.05) is 11.7 Å². The van der Waals surface area contributed by atoms with Gasteiger partial charge in [-0.3, -0.25) is 9.79 Å². The van der Waals surface area contributed by atoms with Gasteiger partial charge in [-0.05, 0) is 31.5 Å². The number of hydrogen-bond acceptors (Lipinski definition) is 3. The van der Waals surface area contributed by atoms with Crippen LogP contribution < -0.4 is 10.6 Å². The monoisotopic (exact) mass is 217 g/mol. The minimum Gasteiger partial charge on any atom is -0.361 e. The van der Waals surface area contributed by atoms with E-state index >= 15 is 0 Å². The van der Waals surface area contributed by atoms with Gasteiger partial charge < -0.3 is 10.6 Å². The van der Waals surface area contributed by atoms with Gasteiger partial charge in [0.05, 0.1) is 6.54 Å². The van der Waals surface area contributed by atoms with Crippen LogP contribution in [0.2, 0.25) is 0 Å². The summed E-state index contributed by atoms with van der Waals surface area (Å²) in [6.45, 7) is 4.65. The van der Waals surface area contributed by atoms with E-state index in [4.69, 9.17) is 0 Å². The topological polar surface area (TPSA) is 53.5 Å². The molecule has 2 N–H and O–H groups in total. The van der Waals surface area contributed by atoms with Crippen LogP contribution in [-0.4, -0.2) is 24.3 Å². The third-order valence-corrected chi connectivity index (χ3v) is 2.40. The number of nitrogens with one attached hydrogen (secondary N) is 2. The van der Waals surface area contributed by atoms with Gasteiger partial charge in [-0.2, -0.15) is 0 Å². The Balaban J connectivity index is 2.03. The van der Waals surface area contributed by atoms with E-state index in [0.29, 0.717) is 12.4 Å². The van der Waals surface area contributed by atoms with Gasteiger partial charge in [0.15, 0.2) is 5.84 Å². The summed E-state index contributed by atoms with van der Waals surface area (Å²) in [4.78, 5) is 15.9. The Morgan fingerprint density at radius 2 is 2.38 bits per heavy atom. The second kappa shape index (κ2) is 4.35. The molecule has 0 aromatic heterocycles. The van der Waals surface area contributed by atoms with Crippen LogP contribution in [0, 0.1) is 6.92 Å². The summed E-state index contributed by atoms with van der Waals surface area (Å²) in [7, 11) is 0. The fourth-order valence-corrected chi connectivity index (χ4v) is 1.60. The van der Waals surface area contributed by atoms with Crippen molar-refractivity contribution in [2.75, 3.05) is 11.9 Å². The molecule has 0 aliphatic carbocycles. The van der Waals surface area contributed by atoms with Gasteiger partial charge in [0.25, 0.3) is 5.91 Å². The molecule has 1 heterocycles. The summed E-state index contributed by atoms with van der Waals surface area (Å²) in [5.74, 6) is 0.254. The molecule has 0 saturated heterocycles. The molecule has 16 heavy (non-hydrogen) atoms. The SMILES string of the molecule is Cc1cccc(NC(=O)C2=NCC(C)N2)c1. The molecule has 1 unspecified atom stereocenters. The molecule has 84 valence electrons. The second-order valence-corrected chi connectivity index (χ2v) is 4.06. The zero-order chi connectivity index (χ0) is 11.5. The first kappa shape index (κ1) is 10.7. The molecule has 2 rings (SSSR count). The van der Waals surface area contributed by atoms with Crippen molar-refractivity contribution in [2.45, 2.75) is 19.9 Å². The number of rotatable bonds is 2. The first-order valence-corrected chi connectivity index (χ1v) is 5.34. The normalized spacial score (nSPS) is 18.9. The quantitative estimate of drug-likeness (QED) is 0.785. The number of aliphatic imine (C=N–C) groups is 1. The highest BCUT2D eigenvalue weighted by Gasteiger charge is 2.19. The molecule has 4 heteroatoms. The number of aryl methyl sites for hydroxylation is 1. The molecule has 1 aromatic rings. The van der Waals surface area contributed by atoms with Gasteiger partial charge in [-0.15, -0.1) is 0 Å². The molecule has 1 atom stereocenters. The largest absolute Gasteiger partial charge is 0.361 e. The number of benzene rings is 1. The lowest BCUT2D eigenvalue weighted by atomic mass is 10.2. The molecule has 1 aliphatic rings. The highest BCUT2D eigenvalue weighted by Crippen LogP contribution is 2.09. The van der Waals surface area contributed by atoms with E-state index in [1.807, 2.05) is 38.1 Å². The fourth-order valence-electron chi connectivity index (χ4n) is 1.60.